The quantitative estimate of drug-likeness (QED) is 0.809. The third-order valence-electron chi connectivity index (χ3n) is 4.60. The van der Waals surface area contributed by atoms with E-state index in [2.05, 4.69) is 6.92 Å². The Bertz CT molecular complexity index is 335. The molecule has 0 spiro atoms. The fourth-order valence-electron chi connectivity index (χ4n) is 2.67. The van der Waals surface area contributed by atoms with Gasteiger partial charge in [-0.25, -0.2) is 0 Å². The first kappa shape index (κ1) is 16.8. The van der Waals surface area contributed by atoms with E-state index >= 15 is 0 Å². The van der Waals surface area contributed by atoms with Crippen LogP contribution < -0.4 is 5.73 Å². The summed E-state index contributed by atoms with van der Waals surface area (Å²) in [6.07, 6.45) is 2.74. The van der Waals surface area contributed by atoms with E-state index in [9.17, 15) is 4.79 Å². The lowest BCUT2D eigenvalue weighted by Gasteiger charge is -2.58. The Morgan fingerprint density at radius 3 is 2.58 bits per heavy atom. The van der Waals surface area contributed by atoms with Crippen molar-refractivity contribution in [3.63, 3.8) is 0 Å². The van der Waals surface area contributed by atoms with E-state index in [1.54, 1.807) is 16.7 Å². The van der Waals surface area contributed by atoms with Crippen LogP contribution in [0.4, 0.5) is 0 Å². The van der Waals surface area contributed by atoms with Crippen molar-refractivity contribution < 1.29 is 9.53 Å². The van der Waals surface area contributed by atoms with Crippen LogP contribution >= 0.6 is 11.8 Å². The average Bonchev–Trinajstić information content (AvgIpc) is 2.36. The number of likely N-dealkylation sites (N-methyl/N-ethyl adjacent to an activating group) is 1. The minimum absolute atomic E-state index is 0.0370. The SMILES string of the molecule is CCOC1CC(N)(C(=O)N(C)C(C)CSC)C1(C)C. The Morgan fingerprint density at radius 1 is 1.58 bits per heavy atom. The van der Waals surface area contributed by atoms with Crippen LogP contribution in [0, 0.1) is 5.41 Å². The van der Waals surface area contributed by atoms with Crippen molar-refractivity contribution in [2.24, 2.45) is 11.1 Å². The van der Waals surface area contributed by atoms with Crippen LogP contribution in [0.1, 0.15) is 34.1 Å². The van der Waals surface area contributed by atoms with Crippen LogP contribution in [0.3, 0.4) is 0 Å². The zero-order chi connectivity index (χ0) is 14.8. The number of carbonyl (C=O) groups excluding carboxylic acids is 1. The minimum Gasteiger partial charge on any atom is -0.378 e. The lowest BCUT2D eigenvalue weighted by molar-refractivity contribution is -0.179. The second-order valence-electron chi connectivity index (χ2n) is 6.06. The average molecular weight is 288 g/mol. The molecule has 19 heavy (non-hydrogen) atoms. The molecule has 0 bridgehead atoms. The summed E-state index contributed by atoms with van der Waals surface area (Å²) < 4.78 is 5.67. The number of rotatable bonds is 6. The summed E-state index contributed by atoms with van der Waals surface area (Å²) >= 11 is 1.74. The summed E-state index contributed by atoms with van der Waals surface area (Å²) in [5.41, 5.74) is 5.29. The highest BCUT2D eigenvalue weighted by Gasteiger charge is 2.63. The third kappa shape index (κ3) is 2.78. The monoisotopic (exact) mass is 288 g/mol. The highest BCUT2D eigenvalue weighted by molar-refractivity contribution is 7.98. The number of hydrogen-bond acceptors (Lipinski definition) is 4. The molecule has 3 unspecified atom stereocenters. The summed E-state index contributed by atoms with van der Waals surface area (Å²) in [5, 5.41) is 0. The second-order valence-corrected chi connectivity index (χ2v) is 6.97. The standard InChI is InChI=1S/C14H28N2O2S/c1-7-18-11-8-14(15,13(11,3)4)12(17)16(5)10(2)9-19-6/h10-11H,7-9,15H2,1-6H3. The van der Waals surface area contributed by atoms with Crippen LogP contribution in [-0.4, -0.2) is 54.2 Å². The molecule has 0 saturated heterocycles. The van der Waals surface area contributed by atoms with Crippen LogP contribution in [0.25, 0.3) is 0 Å². The molecular formula is C14H28N2O2S. The van der Waals surface area contributed by atoms with Gasteiger partial charge in [0, 0.05) is 37.3 Å². The molecule has 112 valence electrons. The van der Waals surface area contributed by atoms with Gasteiger partial charge in [-0.15, -0.1) is 0 Å². The molecular weight excluding hydrogens is 260 g/mol. The van der Waals surface area contributed by atoms with E-state index in [1.165, 1.54) is 0 Å². The zero-order valence-corrected chi connectivity index (χ0v) is 13.8. The van der Waals surface area contributed by atoms with E-state index in [1.807, 2.05) is 34.1 Å². The molecule has 1 rings (SSSR count). The smallest absolute Gasteiger partial charge is 0.243 e. The maximum absolute atomic E-state index is 12.7. The highest BCUT2D eigenvalue weighted by Crippen LogP contribution is 2.50. The fraction of sp³-hybridized carbons (Fsp3) is 0.929. The summed E-state index contributed by atoms with van der Waals surface area (Å²) in [6.45, 7) is 8.76. The molecule has 1 fully saturated rings. The van der Waals surface area contributed by atoms with Crippen LogP contribution in [-0.2, 0) is 9.53 Å². The molecule has 1 aliphatic carbocycles. The Morgan fingerprint density at radius 2 is 2.16 bits per heavy atom. The van der Waals surface area contributed by atoms with Crippen LogP contribution in [0.2, 0.25) is 0 Å². The number of nitrogens with zero attached hydrogens (tertiary/aromatic N) is 1. The first-order chi connectivity index (χ1) is 8.72. The lowest BCUT2D eigenvalue weighted by Crippen LogP contribution is -2.76. The second kappa shape index (κ2) is 6.02. The van der Waals surface area contributed by atoms with Crippen molar-refractivity contribution in [1.29, 1.82) is 0 Å². The molecule has 2 N–H and O–H groups in total. The Hall–Kier alpha value is -0.260. The number of thioether (sulfide) groups is 1. The highest BCUT2D eigenvalue weighted by atomic mass is 32.2. The van der Waals surface area contributed by atoms with Gasteiger partial charge >= 0.3 is 0 Å². The Labute approximate surface area is 121 Å². The van der Waals surface area contributed by atoms with Gasteiger partial charge in [0.2, 0.25) is 5.91 Å². The van der Waals surface area contributed by atoms with Crippen molar-refractivity contribution >= 4 is 17.7 Å². The van der Waals surface area contributed by atoms with Crippen LogP contribution in [0.5, 0.6) is 0 Å². The maximum Gasteiger partial charge on any atom is 0.243 e. The summed E-state index contributed by atoms with van der Waals surface area (Å²) in [6, 6.07) is 0.199. The van der Waals surface area contributed by atoms with Crippen molar-refractivity contribution in [3.05, 3.63) is 0 Å². The zero-order valence-electron chi connectivity index (χ0n) is 13.0. The lowest BCUT2D eigenvalue weighted by atomic mass is 9.54. The van der Waals surface area contributed by atoms with Crippen molar-refractivity contribution in [1.82, 2.24) is 4.90 Å². The molecule has 0 aromatic rings. The predicted molar refractivity (Wildman–Crippen MR) is 81.3 cm³/mol. The molecule has 1 amide bonds. The number of ether oxygens (including phenoxy) is 1. The van der Waals surface area contributed by atoms with Gasteiger partial charge in [0.15, 0.2) is 0 Å². The van der Waals surface area contributed by atoms with Crippen molar-refractivity contribution in [2.45, 2.75) is 51.8 Å². The topological polar surface area (TPSA) is 55.6 Å². The Balaban J connectivity index is 2.77. The van der Waals surface area contributed by atoms with Gasteiger partial charge in [-0.1, -0.05) is 13.8 Å². The minimum atomic E-state index is -0.797. The first-order valence-corrected chi connectivity index (χ1v) is 8.28. The molecule has 0 aromatic heterocycles. The molecule has 1 saturated carbocycles. The number of hydrogen-bond donors (Lipinski definition) is 1. The predicted octanol–water partition coefficient (Wildman–Crippen LogP) is 1.73. The largest absolute Gasteiger partial charge is 0.378 e. The summed E-state index contributed by atoms with van der Waals surface area (Å²) in [7, 11) is 1.85. The molecule has 4 nitrogen and oxygen atoms in total. The van der Waals surface area contributed by atoms with Gasteiger partial charge in [0.1, 0.15) is 5.54 Å². The van der Waals surface area contributed by atoms with Crippen LogP contribution in [0.15, 0.2) is 0 Å². The summed E-state index contributed by atoms with van der Waals surface area (Å²) in [5.74, 6) is 0.961. The molecule has 0 aromatic carbocycles. The molecule has 0 heterocycles. The normalized spacial score (nSPS) is 30.6. The van der Waals surface area contributed by atoms with E-state index in [0.717, 1.165) is 5.75 Å². The van der Waals surface area contributed by atoms with Gasteiger partial charge < -0.3 is 15.4 Å². The van der Waals surface area contributed by atoms with E-state index in [-0.39, 0.29) is 23.5 Å². The molecule has 5 heteroatoms. The third-order valence-corrected chi connectivity index (χ3v) is 5.42. The molecule has 0 radical (unpaired) electrons. The Kier molecular flexibility index (Phi) is 5.32. The molecule has 0 aliphatic heterocycles. The first-order valence-electron chi connectivity index (χ1n) is 6.89. The van der Waals surface area contributed by atoms with Gasteiger partial charge in [0.05, 0.1) is 6.10 Å². The van der Waals surface area contributed by atoms with Gasteiger partial charge in [-0.3, -0.25) is 4.79 Å². The number of amides is 1. The van der Waals surface area contributed by atoms with E-state index in [0.29, 0.717) is 13.0 Å². The van der Waals surface area contributed by atoms with Crippen molar-refractivity contribution in [3.8, 4) is 0 Å². The summed E-state index contributed by atoms with van der Waals surface area (Å²) in [4.78, 5) is 14.5. The van der Waals surface area contributed by atoms with Gasteiger partial charge in [-0.05, 0) is 20.1 Å². The molecule has 1 aliphatic rings. The maximum atomic E-state index is 12.7. The van der Waals surface area contributed by atoms with E-state index in [4.69, 9.17) is 10.5 Å². The fourth-order valence-corrected chi connectivity index (χ4v) is 3.37. The van der Waals surface area contributed by atoms with Gasteiger partial charge in [-0.2, -0.15) is 11.8 Å². The van der Waals surface area contributed by atoms with Crippen molar-refractivity contribution in [2.75, 3.05) is 25.7 Å². The van der Waals surface area contributed by atoms with E-state index < -0.39 is 5.54 Å². The number of carbonyl (C=O) groups is 1. The van der Waals surface area contributed by atoms with Gasteiger partial charge in [0.25, 0.3) is 0 Å². The number of nitrogens with two attached hydrogens (primary N) is 1. The molecule has 3 atom stereocenters.